The number of nitrogens with one attached hydrogen (secondary N) is 1. The zero-order chi connectivity index (χ0) is 11.4. The molecule has 1 aromatic rings. The molecule has 1 aromatic heterocycles. The molecule has 16 heavy (non-hydrogen) atoms. The predicted molar refractivity (Wildman–Crippen MR) is 62.5 cm³/mol. The van der Waals surface area contributed by atoms with Gasteiger partial charge >= 0.3 is 0 Å². The number of nitrogens with zero attached hydrogens (tertiary/aromatic N) is 2. The van der Waals surface area contributed by atoms with Gasteiger partial charge in [0, 0.05) is 25.8 Å². The maximum atomic E-state index is 11.3. The lowest BCUT2D eigenvalue weighted by atomic mass is 10.2. The molecule has 3 N–H and O–H groups in total. The molecule has 0 saturated carbocycles. The van der Waals surface area contributed by atoms with Gasteiger partial charge in [-0.2, -0.15) is 0 Å². The Morgan fingerprint density at radius 3 is 3.12 bits per heavy atom. The highest BCUT2D eigenvalue weighted by atomic mass is 16.1. The smallest absolute Gasteiger partial charge is 0.252 e. The normalized spacial score (nSPS) is 16.9. The Bertz CT molecular complexity index is 372. The highest BCUT2D eigenvalue weighted by Gasteiger charge is 2.16. The fourth-order valence-electron chi connectivity index (χ4n) is 1.90. The number of primary amides is 1. The second-order valence-corrected chi connectivity index (χ2v) is 3.83. The van der Waals surface area contributed by atoms with Crippen LogP contribution in [0.25, 0.3) is 0 Å². The zero-order valence-corrected chi connectivity index (χ0v) is 9.15. The van der Waals surface area contributed by atoms with Gasteiger partial charge in [-0.15, -0.1) is 0 Å². The minimum absolute atomic E-state index is 0.416. The average molecular weight is 220 g/mol. The van der Waals surface area contributed by atoms with E-state index in [1.807, 2.05) is 0 Å². The number of carbonyl (C=O) groups excluding carboxylic acids is 1. The van der Waals surface area contributed by atoms with Crippen molar-refractivity contribution in [2.45, 2.75) is 6.42 Å². The molecule has 1 aliphatic heterocycles. The third kappa shape index (κ3) is 2.30. The number of aromatic nitrogens is 1. The predicted octanol–water partition coefficient (Wildman–Crippen LogP) is -0.0198. The average Bonchev–Trinajstić information content (AvgIpc) is 2.57. The van der Waals surface area contributed by atoms with E-state index in [9.17, 15) is 4.79 Å². The molecular weight excluding hydrogens is 204 g/mol. The van der Waals surface area contributed by atoms with Crippen LogP contribution in [0.3, 0.4) is 0 Å². The van der Waals surface area contributed by atoms with Crippen LogP contribution in [0, 0.1) is 0 Å². The van der Waals surface area contributed by atoms with Crippen molar-refractivity contribution in [3.63, 3.8) is 0 Å². The number of amides is 1. The Labute approximate surface area is 94.6 Å². The van der Waals surface area contributed by atoms with Gasteiger partial charge in [-0.05, 0) is 25.1 Å². The Morgan fingerprint density at radius 2 is 2.31 bits per heavy atom. The Kier molecular flexibility index (Phi) is 3.36. The van der Waals surface area contributed by atoms with Crippen LogP contribution in [-0.4, -0.2) is 37.1 Å². The van der Waals surface area contributed by atoms with E-state index in [0.29, 0.717) is 11.4 Å². The molecule has 1 fully saturated rings. The maximum absolute atomic E-state index is 11.3. The molecule has 1 aliphatic rings. The van der Waals surface area contributed by atoms with E-state index in [2.05, 4.69) is 15.2 Å². The molecule has 0 aliphatic carbocycles. The fourth-order valence-corrected chi connectivity index (χ4v) is 1.90. The molecule has 2 heterocycles. The molecule has 0 unspecified atom stereocenters. The minimum atomic E-state index is -0.416. The monoisotopic (exact) mass is 220 g/mol. The number of pyridine rings is 1. The molecule has 0 aromatic carbocycles. The van der Waals surface area contributed by atoms with Gasteiger partial charge in [0.2, 0.25) is 0 Å². The van der Waals surface area contributed by atoms with Gasteiger partial charge in [-0.25, -0.2) is 4.98 Å². The third-order valence-corrected chi connectivity index (χ3v) is 2.69. The first-order valence-electron chi connectivity index (χ1n) is 5.49. The third-order valence-electron chi connectivity index (χ3n) is 2.69. The van der Waals surface area contributed by atoms with Crippen LogP contribution in [0.4, 0.5) is 5.82 Å². The summed E-state index contributed by atoms with van der Waals surface area (Å²) >= 11 is 0. The maximum Gasteiger partial charge on any atom is 0.252 e. The van der Waals surface area contributed by atoms with Crippen molar-refractivity contribution in [1.82, 2.24) is 10.3 Å². The lowest BCUT2D eigenvalue weighted by Gasteiger charge is -2.22. The van der Waals surface area contributed by atoms with Gasteiger partial charge in [0.1, 0.15) is 5.82 Å². The van der Waals surface area contributed by atoms with Crippen LogP contribution in [0.1, 0.15) is 16.8 Å². The first-order chi connectivity index (χ1) is 7.79. The highest BCUT2D eigenvalue weighted by Crippen LogP contribution is 2.17. The fraction of sp³-hybridized carbons (Fsp3) is 0.455. The van der Waals surface area contributed by atoms with E-state index in [1.165, 1.54) is 0 Å². The molecule has 0 radical (unpaired) electrons. The minimum Gasteiger partial charge on any atom is -0.365 e. The molecule has 86 valence electrons. The first-order valence-corrected chi connectivity index (χ1v) is 5.49. The molecule has 1 saturated heterocycles. The van der Waals surface area contributed by atoms with E-state index in [4.69, 9.17) is 5.73 Å². The SMILES string of the molecule is NC(=O)c1cccnc1N1CCCNCC1. The van der Waals surface area contributed by atoms with Crippen molar-refractivity contribution >= 4 is 11.7 Å². The molecule has 0 bridgehead atoms. The van der Waals surface area contributed by atoms with Crippen molar-refractivity contribution in [3.05, 3.63) is 23.9 Å². The number of nitrogens with two attached hydrogens (primary N) is 1. The number of rotatable bonds is 2. The van der Waals surface area contributed by atoms with Crippen molar-refractivity contribution in [3.8, 4) is 0 Å². The van der Waals surface area contributed by atoms with Crippen molar-refractivity contribution in [1.29, 1.82) is 0 Å². The second-order valence-electron chi connectivity index (χ2n) is 3.83. The second kappa shape index (κ2) is 4.94. The van der Waals surface area contributed by atoms with Crippen LogP contribution in [-0.2, 0) is 0 Å². The van der Waals surface area contributed by atoms with E-state index in [-0.39, 0.29) is 0 Å². The summed E-state index contributed by atoms with van der Waals surface area (Å²) in [5.41, 5.74) is 5.84. The Balaban J connectivity index is 2.27. The van der Waals surface area contributed by atoms with Crippen molar-refractivity contribution in [2.24, 2.45) is 5.73 Å². The molecule has 1 amide bonds. The summed E-state index contributed by atoms with van der Waals surface area (Å²) in [6.45, 7) is 3.69. The molecule has 0 spiro atoms. The van der Waals surface area contributed by atoms with Crippen LogP contribution >= 0.6 is 0 Å². The summed E-state index contributed by atoms with van der Waals surface area (Å²) in [6, 6.07) is 3.46. The van der Waals surface area contributed by atoms with Crippen molar-refractivity contribution in [2.75, 3.05) is 31.1 Å². The first kappa shape index (κ1) is 10.9. The molecule has 2 rings (SSSR count). The number of hydrogen-bond acceptors (Lipinski definition) is 4. The summed E-state index contributed by atoms with van der Waals surface area (Å²) < 4.78 is 0. The van der Waals surface area contributed by atoms with E-state index in [0.717, 1.165) is 32.6 Å². The standard InChI is InChI=1S/C11H16N4O/c12-10(16)9-3-1-5-14-11(9)15-7-2-4-13-6-8-15/h1,3,5,13H,2,4,6-8H2,(H2,12,16). The molecular formula is C11H16N4O. The summed E-state index contributed by atoms with van der Waals surface area (Å²) in [4.78, 5) is 17.7. The van der Waals surface area contributed by atoms with E-state index < -0.39 is 5.91 Å². The summed E-state index contributed by atoms with van der Waals surface area (Å²) in [5, 5.41) is 3.31. The Hall–Kier alpha value is -1.62. The van der Waals surface area contributed by atoms with Gasteiger partial charge in [0.15, 0.2) is 0 Å². The summed E-state index contributed by atoms with van der Waals surface area (Å²) in [6.07, 6.45) is 2.74. The van der Waals surface area contributed by atoms with Gasteiger partial charge < -0.3 is 16.0 Å². The van der Waals surface area contributed by atoms with E-state index in [1.54, 1.807) is 18.3 Å². The van der Waals surface area contributed by atoms with Crippen LogP contribution in [0.5, 0.6) is 0 Å². The summed E-state index contributed by atoms with van der Waals surface area (Å²) in [7, 11) is 0. The highest BCUT2D eigenvalue weighted by molar-refractivity contribution is 5.97. The Morgan fingerprint density at radius 1 is 1.44 bits per heavy atom. The number of anilines is 1. The molecule has 5 nitrogen and oxygen atoms in total. The lowest BCUT2D eigenvalue weighted by Crippen LogP contribution is -2.31. The molecule has 5 heteroatoms. The topological polar surface area (TPSA) is 71.2 Å². The molecule has 0 atom stereocenters. The number of carbonyl (C=O) groups is 1. The number of hydrogen-bond donors (Lipinski definition) is 2. The largest absolute Gasteiger partial charge is 0.365 e. The van der Waals surface area contributed by atoms with Gasteiger partial charge in [-0.3, -0.25) is 4.79 Å². The zero-order valence-electron chi connectivity index (χ0n) is 9.15. The van der Waals surface area contributed by atoms with E-state index >= 15 is 0 Å². The quantitative estimate of drug-likeness (QED) is 0.735. The van der Waals surface area contributed by atoms with Crippen LogP contribution in [0.15, 0.2) is 18.3 Å². The summed E-state index contributed by atoms with van der Waals surface area (Å²) in [5.74, 6) is 0.291. The van der Waals surface area contributed by atoms with Gasteiger partial charge in [-0.1, -0.05) is 0 Å². The van der Waals surface area contributed by atoms with Gasteiger partial charge in [0.25, 0.3) is 5.91 Å². The van der Waals surface area contributed by atoms with Gasteiger partial charge in [0.05, 0.1) is 5.56 Å². The van der Waals surface area contributed by atoms with Crippen LogP contribution in [0.2, 0.25) is 0 Å². The van der Waals surface area contributed by atoms with Crippen LogP contribution < -0.4 is 16.0 Å². The lowest BCUT2D eigenvalue weighted by molar-refractivity contribution is 0.100. The van der Waals surface area contributed by atoms with Crippen molar-refractivity contribution < 1.29 is 4.79 Å².